The SMILES string of the molecule is CCCCc1c(Cl)nc(N)nc1-c1ccc(Cl)cc1. The molecule has 5 heteroatoms. The highest BCUT2D eigenvalue weighted by atomic mass is 35.5. The van der Waals surface area contributed by atoms with Crippen LogP contribution in [0, 0.1) is 0 Å². The largest absolute Gasteiger partial charge is 0.368 e. The zero-order valence-electron chi connectivity index (χ0n) is 10.7. The Morgan fingerprint density at radius 2 is 1.79 bits per heavy atom. The van der Waals surface area contributed by atoms with E-state index in [1.165, 1.54) is 0 Å². The molecule has 19 heavy (non-hydrogen) atoms. The molecule has 0 aliphatic carbocycles. The summed E-state index contributed by atoms with van der Waals surface area (Å²) in [5, 5.41) is 1.12. The van der Waals surface area contributed by atoms with Crippen LogP contribution in [-0.4, -0.2) is 9.97 Å². The second-order valence-corrected chi connectivity index (χ2v) is 5.10. The van der Waals surface area contributed by atoms with Gasteiger partial charge in [0.05, 0.1) is 5.69 Å². The fourth-order valence-corrected chi connectivity index (χ4v) is 2.29. The number of unbranched alkanes of at least 4 members (excludes halogenated alkanes) is 1. The number of hydrogen-bond donors (Lipinski definition) is 1. The Kier molecular flexibility index (Phi) is 4.61. The number of rotatable bonds is 4. The van der Waals surface area contributed by atoms with Crippen molar-refractivity contribution in [3.8, 4) is 11.3 Å². The smallest absolute Gasteiger partial charge is 0.222 e. The van der Waals surface area contributed by atoms with Crippen LogP contribution < -0.4 is 5.73 Å². The average Bonchev–Trinajstić information content (AvgIpc) is 2.38. The zero-order valence-corrected chi connectivity index (χ0v) is 12.2. The Hall–Kier alpha value is -1.32. The van der Waals surface area contributed by atoms with Crippen LogP contribution in [0.5, 0.6) is 0 Å². The molecule has 0 bridgehead atoms. The van der Waals surface area contributed by atoms with Crippen molar-refractivity contribution < 1.29 is 0 Å². The first-order valence-corrected chi connectivity index (χ1v) is 6.95. The molecule has 0 fully saturated rings. The van der Waals surface area contributed by atoms with E-state index < -0.39 is 0 Å². The molecule has 0 amide bonds. The standard InChI is InChI=1S/C14H15Cl2N3/c1-2-3-4-11-12(18-14(17)19-13(11)16)9-5-7-10(15)8-6-9/h5-8H,2-4H2,1H3,(H2,17,18,19). The number of halogens is 2. The summed E-state index contributed by atoms with van der Waals surface area (Å²) >= 11 is 12.1. The molecular formula is C14H15Cl2N3. The van der Waals surface area contributed by atoms with Gasteiger partial charge in [0, 0.05) is 16.1 Å². The molecule has 2 N–H and O–H groups in total. The molecule has 0 atom stereocenters. The van der Waals surface area contributed by atoms with E-state index >= 15 is 0 Å². The lowest BCUT2D eigenvalue weighted by molar-refractivity contribution is 0.790. The van der Waals surface area contributed by atoms with Crippen molar-refractivity contribution in [2.75, 3.05) is 5.73 Å². The van der Waals surface area contributed by atoms with Gasteiger partial charge in [-0.25, -0.2) is 9.97 Å². The van der Waals surface area contributed by atoms with Gasteiger partial charge < -0.3 is 5.73 Å². The van der Waals surface area contributed by atoms with Crippen LogP contribution in [0.2, 0.25) is 10.2 Å². The molecule has 2 aromatic rings. The molecule has 1 heterocycles. The van der Waals surface area contributed by atoms with Gasteiger partial charge in [-0.1, -0.05) is 48.7 Å². The van der Waals surface area contributed by atoms with Gasteiger partial charge in [0.2, 0.25) is 5.95 Å². The van der Waals surface area contributed by atoms with E-state index in [9.17, 15) is 0 Å². The van der Waals surface area contributed by atoms with Gasteiger partial charge in [0.25, 0.3) is 0 Å². The summed E-state index contributed by atoms with van der Waals surface area (Å²) in [6.07, 6.45) is 2.96. The molecule has 0 spiro atoms. The second-order valence-electron chi connectivity index (χ2n) is 4.31. The quantitative estimate of drug-likeness (QED) is 0.852. The number of nitrogens with two attached hydrogens (primary N) is 1. The topological polar surface area (TPSA) is 51.8 Å². The van der Waals surface area contributed by atoms with Gasteiger partial charge in [-0.2, -0.15) is 0 Å². The van der Waals surface area contributed by atoms with Gasteiger partial charge in [0.15, 0.2) is 0 Å². The van der Waals surface area contributed by atoms with Crippen molar-refractivity contribution in [3.63, 3.8) is 0 Å². The lowest BCUT2D eigenvalue weighted by atomic mass is 10.0. The van der Waals surface area contributed by atoms with Gasteiger partial charge in [-0.05, 0) is 25.0 Å². The first-order valence-electron chi connectivity index (χ1n) is 6.19. The fraction of sp³-hybridized carbons (Fsp3) is 0.286. The van der Waals surface area contributed by atoms with E-state index in [0.29, 0.717) is 10.2 Å². The molecule has 0 aliphatic heterocycles. The van der Waals surface area contributed by atoms with E-state index in [-0.39, 0.29) is 5.95 Å². The number of aromatic nitrogens is 2. The summed E-state index contributed by atoms with van der Waals surface area (Å²) in [6, 6.07) is 7.48. The highest BCUT2D eigenvalue weighted by molar-refractivity contribution is 6.31. The number of anilines is 1. The summed E-state index contributed by atoms with van der Waals surface area (Å²) in [7, 11) is 0. The lowest BCUT2D eigenvalue weighted by Crippen LogP contribution is -2.03. The third kappa shape index (κ3) is 3.37. The van der Waals surface area contributed by atoms with Crippen molar-refractivity contribution in [3.05, 3.63) is 40.0 Å². The van der Waals surface area contributed by atoms with Crippen LogP contribution in [0.4, 0.5) is 5.95 Å². The minimum atomic E-state index is 0.190. The first kappa shape index (κ1) is 14.1. The average molecular weight is 296 g/mol. The second kappa shape index (κ2) is 6.22. The van der Waals surface area contributed by atoms with E-state index in [1.807, 2.05) is 24.3 Å². The summed E-state index contributed by atoms with van der Waals surface area (Å²) in [4.78, 5) is 8.36. The van der Waals surface area contributed by atoms with Crippen LogP contribution >= 0.6 is 23.2 Å². The highest BCUT2D eigenvalue weighted by Gasteiger charge is 2.13. The molecule has 0 aliphatic rings. The molecular weight excluding hydrogens is 281 g/mol. The van der Waals surface area contributed by atoms with Crippen LogP contribution in [0.25, 0.3) is 11.3 Å². The van der Waals surface area contributed by atoms with Crippen molar-refractivity contribution in [1.29, 1.82) is 0 Å². The maximum absolute atomic E-state index is 6.19. The molecule has 1 aromatic carbocycles. The predicted molar refractivity (Wildman–Crippen MR) is 80.5 cm³/mol. The van der Waals surface area contributed by atoms with Crippen LogP contribution in [0.15, 0.2) is 24.3 Å². The molecule has 100 valence electrons. The Morgan fingerprint density at radius 1 is 1.11 bits per heavy atom. The fourth-order valence-electron chi connectivity index (χ4n) is 1.89. The number of nitrogen functional groups attached to an aromatic ring is 1. The summed E-state index contributed by atoms with van der Waals surface area (Å²) < 4.78 is 0. The van der Waals surface area contributed by atoms with Crippen molar-refractivity contribution in [1.82, 2.24) is 9.97 Å². The first-order chi connectivity index (χ1) is 9.11. The lowest BCUT2D eigenvalue weighted by Gasteiger charge is -2.11. The molecule has 0 saturated heterocycles. The van der Waals surface area contributed by atoms with Crippen LogP contribution in [0.3, 0.4) is 0 Å². The van der Waals surface area contributed by atoms with Gasteiger partial charge >= 0.3 is 0 Å². The van der Waals surface area contributed by atoms with E-state index in [0.717, 1.165) is 36.1 Å². The number of benzene rings is 1. The third-order valence-corrected chi connectivity index (χ3v) is 3.44. The Bertz CT molecular complexity index is 568. The monoisotopic (exact) mass is 295 g/mol. The Morgan fingerprint density at radius 3 is 2.42 bits per heavy atom. The highest BCUT2D eigenvalue weighted by Crippen LogP contribution is 2.29. The molecule has 1 aromatic heterocycles. The normalized spacial score (nSPS) is 10.7. The van der Waals surface area contributed by atoms with Gasteiger partial charge in [-0.3, -0.25) is 0 Å². The zero-order chi connectivity index (χ0) is 13.8. The van der Waals surface area contributed by atoms with Gasteiger partial charge in [0.1, 0.15) is 5.15 Å². The summed E-state index contributed by atoms with van der Waals surface area (Å²) in [5.74, 6) is 0.190. The van der Waals surface area contributed by atoms with E-state index in [2.05, 4.69) is 16.9 Å². The van der Waals surface area contributed by atoms with E-state index in [1.54, 1.807) is 0 Å². The Labute approximate surface area is 122 Å². The number of hydrogen-bond acceptors (Lipinski definition) is 3. The molecule has 0 saturated carbocycles. The van der Waals surface area contributed by atoms with Gasteiger partial charge in [-0.15, -0.1) is 0 Å². The maximum atomic E-state index is 6.19. The van der Waals surface area contributed by atoms with E-state index in [4.69, 9.17) is 28.9 Å². The van der Waals surface area contributed by atoms with Crippen molar-refractivity contribution in [2.45, 2.75) is 26.2 Å². The summed E-state index contributed by atoms with van der Waals surface area (Å²) in [5.41, 5.74) is 8.38. The third-order valence-electron chi connectivity index (χ3n) is 2.87. The molecule has 2 rings (SSSR count). The molecule has 3 nitrogen and oxygen atoms in total. The number of nitrogens with zero attached hydrogens (tertiary/aromatic N) is 2. The summed E-state index contributed by atoms with van der Waals surface area (Å²) in [6.45, 7) is 2.13. The minimum Gasteiger partial charge on any atom is -0.368 e. The maximum Gasteiger partial charge on any atom is 0.222 e. The Balaban J connectivity index is 2.50. The minimum absolute atomic E-state index is 0.190. The molecule has 0 unspecified atom stereocenters. The van der Waals surface area contributed by atoms with Crippen LogP contribution in [-0.2, 0) is 6.42 Å². The molecule has 0 radical (unpaired) electrons. The predicted octanol–water partition coefficient (Wildman–Crippen LogP) is 4.38. The van der Waals surface area contributed by atoms with Crippen molar-refractivity contribution >= 4 is 29.2 Å². The van der Waals surface area contributed by atoms with Crippen molar-refractivity contribution in [2.24, 2.45) is 0 Å². The van der Waals surface area contributed by atoms with Crippen LogP contribution in [0.1, 0.15) is 25.3 Å².